The zero-order valence-electron chi connectivity index (χ0n) is 15.4. The maximum absolute atomic E-state index is 13.1. The van der Waals surface area contributed by atoms with E-state index in [1.54, 1.807) is 37.2 Å². The number of carbonyl (C=O) groups is 1. The zero-order valence-corrected chi connectivity index (χ0v) is 15.4. The van der Waals surface area contributed by atoms with Crippen LogP contribution < -0.4 is 15.9 Å². The number of carbonyl (C=O) groups excluding carboxylic acids is 1. The van der Waals surface area contributed by atoms with Crippen LogP contribution in [0.2, 0.25) is 0 Å². The highest BCUT2D eigenvalue weighted by atomic mass is 16.3. The number of pyridine rings is 1. The number of para-hydroxylation sites is 2. The summed E-state index contributed by atoms with van der Waals surface area (Å²) >= 11 is 0. The van der Waals surface area contributed by atoms with Crippen molar-refractivity contribution in [1.82, 2.24) is 9.99 Å². The van der Waals surface area contributed by atoms with Crippen molar-refractivity contribution in [2.45, 2.75) is 6.04 Å². The minimum Gasteiger partial charge on any atom is -0.507 e. The van der Waals surface area contributed by atoms with Gasteiger partial charge >= 0.3 is 0 Å². The lowest BCUT2D eigenvalue weighted by molar-refractivity contribution is -0.120. The Morgan fingerprint density at radius 1 is 1.04 bits per heavy atom. The SMILES string of the molecule is CN1C(=O)[C@@H]2C(=NN[C@H]2c2c(O)c3ccccc3n(C)c2=O)c2ccccc21. The van der Waals surface area contributed by atoms with Gasteiger partial charge in [0.25, 0.3) is 5.56 Å². The summed E-state index contributed by atoms with van der Waals surface area (Å²) in [6, 6.07) is 14.0. The molecule has 2 atom stereocenters. The van der Waals surface area contributed by atoms with Crippen LogP contribution in [0.15, 0.2) is 58.4 Å². The lowest BCUT2D eigenvalue weighted by Crippen LogP contribution is -2.45. The van der Waals surface area contributed by atoms with Gasteiger partial charge in [-0.25, -0.2) is 0 Å². The number of aryl methyl sites for hydroxylation is 1. The summed E-state index contributed by atoms with van der Waals surface area (Å²) in [5.74, 6) is -0.955. The van der Waals surface area contributed by atoms with Crippen LogP contribution in [-0.4, -0.2) is 28.3 Å². The van der Waals surface area contributed by atoms with Crippen LogP contribution in [0.25, 0.3) is 10.9 Å². The van der Waals surface area contributed by atoms with Crippen LogP contribution in [0.4, 0.5) is 5.69 Å². The molecule has 0 fully saturated rings. The van der Waals surface area contributed by atoms with E-state index in [4.69, 9.17) is 0 Å². The first-order valence-electron chi connectivity index (χ1n) is 9.01. The Balaban J connectivity index is 1.72. The van der Waals surface area contributed by atoms with Gasteiger partial charge < -0.3 is 20.0 Å². The Morgan fingerprint density at radius 2 is 1.75 bits per heavy atom. The Labute approximate surface area is 160 Å². The monoisotopic (exact) mass is 374 g/mol. The van der Waals surface area contributed by atoms with Crippen LogP contribution in [0.1, 0.15) is 17.2 Å². The number of amides is 1. The molecule has 0 saturated heterocycles. The number of fused-ring (bicyclic) bond motifs is 4. The predicted molar refractivity (Wildman–Crippen MR) is 107 cm³/mol. The second-order valence-corrected chi connectivity index (χ2v) is 7.14. The molecule has 0 spiro atoms. The van der Waals surface area contributed by atoms with Gasteiger partial charge in [-0.15, -0.1) is 0 Å². The molecular formula is C21H18N4O3. The number of hydrazone groups is 1. The highest BCUT2D eigenvalue weighted by Gasteiger charge is 2.47. The number of rotatable bonds is 1. The lowest BCUT2D eigenvalue weighted by atomic mass is 9.83. The van der Waals surface area contributed by atoms with E-state index >= 15 is 0 Å². The number of nitrogens with zero attached hydrogens (tertiary/aromatic N) is 3. The van der Waals surface area contributed by atoms with E-state index in [1.165, 1.54) is 4.57 Å². The van der Waals surface area contributed by atoms with Gasteiger partial charge in [0.05, 0.1) is 28.5 Å². The Morgan fingerprint density at radius 3 is 2.57 bits per heavy atom. The Kier molecular flexibility index (Phi) is 3.37. The molecule has 2 aliphatic heterocycles. The molecule has 2 N–H and O–H groups in total. The molecule has 7 nitrogen and oxygen atoms in total. The van der Waals surface area contributed by atoms with Gasteiger partial charge in [0, 0.05) is 25.0 Å². The molecule has 28 heavy (non-hydrogen) atoms. The van der Waals surface area contributed by atoms with Crippen LogP contribution >= 0.6 is 0 Å². The van der Waals surface area contributed by atoms with Gasteiger partial charge in [0.15, 0.2) is 0 Å². The third kappa shape index (κ3) is 2.01. The second-order valence-electron chi connectivity index (χ2n) is 7.14. The molecule has 0 saturated carbocycles. The van der Waals surface area contributed by atoms with E-state index in [0.717, 1.165) is 11.3 Å². The molecule has 0 bridgehead atoms. The van der Waals surface area contributed by atoms with E-state index < -0.39 is 12.0 Å². The normalized spacial score (nSPS) is 20.6. The van der Waals surface area contributed by atoms with Gasteiger partial charge in [0.1, 0.15) is 11.7 Å². The van der Waals surface area contributed by atoms with Gasteiger partial charge in [-0.2, -0.15) is 5.10 Å². The summed E-state index contributed by atoms with van der Waals surface area (Å²) in [5, 5.41) is 15.9. The molecule has 7 heteroatoms. The standard InChI is InChI=1S/C21H18N4O3/c1-24-13-9-5-3-7-11(13)17-15(20(24)27)18(23-22-17)16-19(26)12-8-4-6-10-14(12)25(2)21(16)28/h3-10,15,18,23,26H,1-2H3/t15-,18-/m1/s1. The molecule has 0 aliphatic carbocycles. The third-order valence-corrected chi connectivity index (χ3v) is 5.71. The molecule has 2 aliphatic rings. The minimum absolute atomic E-state index is 0.109. The molecule has 1 aromatic heterocycles. The van der Waals surface area contributed by atoms with Crippen molar-refractivity contribution < 1.29 is 9.90 Å². The maximum atomic E-state index is 13.1. The van der Waals surface area contributed by atoms with Gasteiger partial charge in [-0.1, -0.05) is 30.3 Å². The number of aromatic nitrogens is 1. The van der Waals surface area contributed by atoms with Gasteiger partial charge in [0.2, 0.25) is 5.91 Å². The first-order chi connectivity index (χ1) is 13.5. The summed E-state index contributed by atoms with van der Waals surface area (Å²) in [5.41, 5.74) is 5.61. The van der Waals surface area contributed by atoms with E-state index in [-0.39, 0.29) is 22.8 Å². The van der Waals surface area contributed by atoms with Crippen molar-refractivity contribution >= 4 is 28.2 Å². The fourth-order valence-electron chi connectivity index (χ4n) is 4.25. The second kappa shape index (κ2) is 5.69. The number of nitrogens with one attached hydrogen (secondary N) is 1. The summed E-state index contributed by atoms with van der Waals surface area (Å²) in [7, 11) is 3.38. The molecule has 140 valence electrons. The van der Waals surface area contributed by atoms with E-state index in [9.17, 15) is 14.7 Å². The van der Waals surface area contributed by atoms with Crippen molar-refractivity contribution in [3.05, 3.63) is 70.0 Å². The highest BCUT2D eigenvalue weighted by molar-refractivity contribution is 6.24. The van der Waals surface area contributed by atoms with Gasteiger partial charge in [-0.05, 0) is 18.2 Å². The topological polar surface area (TPSA) is 86.9 Å². The fourth-order valence-corrected chi connectivity index (χ4v) is 4.25. The lowest BCUT2D eigenvalue weighted by Gasteiger charge is -2.32. The summed E-state index contributed by atoms with van der Waals surface area (Å²) < 4.78 is 1.50. The van der Waals surface area contributed by atoms with Crippen LogP contribution in [0.3, 0.4) is 0 Å². The fraction of sp³-hybridized carbons (Fsp3) is 0.190. The predicted octanol–water partition coefficient (Wildman–Crippen LogP) is 1.89. The quantitative estimate of drug-likeness (QED) is 0.681. The van der Waals surface area contributed by atoms with Crippen molar-refractivity contribution in [3.8, 4) is 5.75 Å². The van der Waals surface area contributed by atoms with Crippen LogP contribution in [-0.2, 0) is 11.8 Å². The molecule has 1 amide bonds. The number of hydrogen-bond donors (Lipinski definition) is 2. The summed E-state index contributed by atoms with van der Waals surface area (Å²) in [6.07, 6.45) is 0. The van der Waals surface area contributed by atoms with Crippen molar-refractivity contribution in [1.29, 1.82) is 0 Å². The number of aromatic hydroxyl groups is 1. The third-order valence-electron chi connectivity index (χ3n) is 5.71. The van der Waals surface area contributed by atoms with Crippen molar-refractivity contribution in [3.63, 3.8) is 0 Å². The summed E-state index contributed by atoms with van der Waals surface area (Å²) in [4.78, 5) is 27.8. The summed E-state index contributed by atoms with van der Waals surface area (Å²) in [6.45, 7) is 0. The molecular weight excluding hydrogens is 356 g/mol. The van der Waals surface area contributed by atoms with E-state index in [1.807, 2.05) is 30.3 Å². The molecule has 3 aromatic rings. The average molecular weight is 374 g/mol. The smallest absolute Gasteiger partial charge is 0.259 e. The molecule has 2 aromatic carbocycles. The zero-order chi connectivity index (χ0) is 19.6. The molecule has 5 rings (SSSR count). The molecule has 3 heterocycles. The van der Waals surface area contributed by atoms with E-state index in [2.05, 4.69) is 10.5 Å². The van der Waals surface area contributed by atoms with Gasteiger partial charge in [-0.3, -0.25) is 9.59 Å². The Bertz CT molecular complexity index is 1240. The van der Waals surface area contributed by atoms with Crippen LogP contribution in [0.5, 0.6) is 5.75 Å². The maximum Gasteiger partial charge on any atom is 0.259 e. The average Bonchev–Trinajstić information content (AvgIpc) is 3.15. The Hall–Kier alpha value is -3.61. The number of hydrogen-bond acceptors (Lipinski definition) is 5. The minimum atomic E-state index is -0.735. The van der Waals surface area contributed by atoms with E-state index in [0.29, 0.717) is 16.6 Å². The van der Waals surface area contributed by atoms with Crippen LogP contribution in [0, 0.1) is 5.92 Å². The first-order valence-corrected chi connectivity index (χ1v) is 9.01. The van der Waals surface area contributed by atoms with Crippen molar-refractivity contribution in [2.75, 3.05) is 11.9 Å². The highest BCUT2D eigenvalue weighted by Crippen LogP contribution is 2.41. The first kappa shape index (κ1) is 16.6. The largest absolute Gasteiger partial charge is 0.507 e. The molecule has 0 unspecified atom stereocenters. The van der Waals surface area contributed by atoms with Crippen molar-refractivity contribution in [2.24, 2.45) is 18.1 Å². The molecule has 0 radical (unpaired) electrons. The number of anilines is 1. The number of benzene rings is 2.